The Morgan fingerprint density at radius 1 is 1.26 bits per heavy atom. The van der Waals surface area contributed by atoms with E-state index in [9.17, 15) is 0 Å². The van der Waals surface area contributed by atoms with E-state index in [0.29, 0.717) is 28.7 Å². The van der Waals surface area contributed by atoms with Gasteiger partial charge in [0.05, 0.1) is 11.6 Å². The lowest BCUT2D eigenvalue weighted by Crippen LogP contribution is -2.38. The van der Waals surface area contributed by atoms with Crippen LogP contribution in [-0.2, 0) is 0 Å². The van der Waals surface area contributed by atoms with Crippen molar-refractivity contribution in [1.82, 2.24) is 5.32 Å². The van der Waals surface area contributed by atoms with Crippen LogP contribution in [0.3, 0.4) is 0 Å². The lowest BCUT2D eigenvalue weighted by atomic mass is 9.99. The highest BCUT2D eigenvalue weighted by Gasteiger charge is 2.26. The molecule has 0 radical (unpaired) electrons. The fourth-order valence-corrected chi connectivity index (χ4v) is 4.40. The number of thioether (sulfide) groups is 1. The highest BCUT2D eigenvalue weighted by atomic mass is 35.5. The van der Waals surface area contributed by atoms with Crippen LogP contribution in [0.1, 0.15) is 30.9 Å². The molecule has 104 valence electrons. The Balaban J connectivity index is 1.81. The highest BCUT2D eigenvalue weighted by Crippen LogP contribution is 2.40. The number of fused-ring (bicyclic) bond motifs is 1. The Morgan fingerprint density at radius 2 is 2.16 bits per heavy atom. The van der Waals surface area contributed by atoms with Gasteiger partial charge in [-0.25, -0.2) is 0 Å². The Hall–Kier alpha value is -0.0900. The van der Waals surface area contributed by atoms with Crippen LogP contribution in [0.2, 0.25) is 10.0 Å². The molecule has 1 N–H and O–H groups in total. The van der Waals surface area contributed by atoms with Gasteiger partial charge in [-0.3, -0.25) is 0 Å². The Kier molecular flexibility index (Phi) is 4.47. The van der Waals surface area contributed by atoms with Gasteiger partial charge in [-0.05, 0) is 30.7 Å². The van der Waals surface area contributed by atoms with Crippen molar-refractivity contribution in [3.63, 3.8) is 0 Å². The van der Waals surface area contributed by atoms with E-state index in [0.717, 1.165) is 17.7 Å². The molecule has 0 aliphatic carbocycles. The number of nitrogens with one attached hydrogen (secondary N) is 1. The molecule has 0 bridgehead atoms. The summed E-state index contributed by atoms with van der Waals surface area (Å²) in [6.07, 6.45) is 3.54. The minimum absolute atomic E-state index is 0.309. The fraction of sp³-hybridized carbons (Fsp3) is 0.571. The van der Waals surface area contributed by atoms with Crippen LogP contribution < -0.4 is 10.1 Å². The van der Waals surface area contributed by atoms with Gasteiger partial charge in [-0.1, -0.05) is 23.2 Å². The van der Waals surface area contributed by atoms with Crippen molar-refractivity contribution in [2.45, 2.75) is 31.3 Å². The molecule has 2 heterocycles. The SMILES string of the molecule is Clc1cc(Cl)c2c(c1)C(NC1CCCSC1)CCO2. The molecule has 1 aromatic carbocycles. The zero-order valence-electron chi connectivity index (χ0n) is 10.6. The van der Waals surface area contributed by atoms with Gasteiger partial charge in [-0.15, -0.1) is 0 Å². The number of benzene rings is 1. The van der Waals surface area contributed by atoms with Crippen LogP contribution in [0, 0.1) is 0 Å². The average molecular weight is 318 g/mol. The van der Waals surface area contributed by atoms with Crippen LogP contribution >= 0.6 is 35.0 Å². The van der Waals surface area contributed by atoms with Crippen molar-refractivity contribution in [3.8, 4) is 5.75 Å². The van der Waals surface area contributed by atoms with Gasteiger partial charge < -0.3 is 10.1 Å². The quantitative estimate of drug-likeness (QED) is 0.878. The molecule has 2 aliphatic rings. The number of halogens is 2. The first-order chi connectivity index (χ1) is 9.24. The Labute approximate surface area is 128 Å². The van der Waals surface area contributed by atoms with Crippen LogP contribution in [0.4, 0.5) is 0 Å². The molecule has 0 spiro atoms. The zero-order chi connectivity index (χ0) is 13.2. The molecule has 19 heavy (non-hydrogen) atoms. The molecule has 2 nitrogen and oxygen atoms in total. The number of ether oxygens (including phenoxy) is 1. The van der Waals surface area contributed by atoms with Gasteiger partial charge in [0.1, 0.15) is 5.75 Å². The van der Waals surface area contributed by atoms with Crippen LogP contribution in [0.15, 0.2) is 12.1 Å². The summed E-state index contributed by atoms with van der Waals surface area (Å²) in [5.41, 5.74) is 1.11. The lowest BCUT2D eigenvalue weighted by molar-refractivity contribution is 0.244. The molecule has 2 aliphatic heterocycles. The third kappa shape index (κ3) is 3.15. The van der Waals surface area contributed by atoms with E-state index in [2.05, 4.69) is 5.32 Å². The summed E-state index contributed by atoms with van der Waals surface area (Å²) in [5.74, 6) is 3.29. The maximum Gasteiger partial charge on any atom is 0.142 e. The first-order valence-electron chi connectivity index (χ1n) is 6.69. The molecule has 3 rings (SSSR count). The van der Waals surface area contributed by atoms with Crippen LogP contribution in [0.25, 0.3) is 0 Å². The van der Waals surface area contributed by atoms with Crippen molar-refractivity contribution in [2.24, 2.45) is 0 Å². The second-order valence-electron chi connectivity index (χ2n) is 5.08. The largest absolute Gasteiger partial charge is 0.492 e. The number of rotatable bonds is 2. The molecular formula is C14H17Cl2NOS. The number of hydrogen-bond donors (Lipinski definition) is 1. The summed E-state index contributed by atoms with van der Waals surface area (Å²) >= 11 is 14.4. The summed E-state index contributed by atoms with van der Waals surface area (Å²) in [4.78, 5) is 0. The molecule has 2 unspecified atom stereocenters. The van der Waals surface area contributed by atoms with E-state index < -0.39 is 0 Å². The van der Waals surface area contributed by atoms with Gasteiger partial charge in [-0.2, -0.15) is 11.8 Å². The van der Waals surface area contributed by atoms with E-state index >= 15 is 0 Å². The van der Waals surface area contributed by atoms with Crippen LogP contribution in [-0.4, -0.2) is 24.2 Å². The van der Waals surface area contributed by atoms with E-state index in [1.54, 1.807) is 6.07 Å². The summed E-state index contributed by atoms with van der Waals surface area (Å²) < 4.78 is 5.69. The Bertz CT molecular complexity index is 463. The fourth-order valence-electron chi connectivity index (χ4n) is 2.76. The minimum atomic E-state index is 0.309. The van der Waals surface area contributed by atoms with E-state index in [4.69, 9.17) is 27.9 Å². The Morgan fingerprint density at radius 3 is 2.95 bits per heavy atom. The average Bonchev–Trinajstić information content (AvgIpc) is 2.41. The van der Waals surface area contributed by atoms with Gasteiger partial charge in [0.2, 0.25) is 0 Å². The first-order valence-corrected chi connectivity index (χ1v) is 8.60. The third-order valence-corrected chi connectivity index (χ3v) is 5.38. The first kappa shape index (κ1) is 13.9. The van der Waals surface area contributed by atoms with Gasteiger partial charge >= 0.3 is 0 Å². The van der Waals surface area contributed by atoms with Crippen molar-refractivity contribution < 1.29 is 4.74 Å². The molecule has 1 saturated heterocycles. The van der Waals surface area contributed by atoms with Crippen molar-refractivity contribution in [1.29, 1.82) is 0 Å². The maximum atomic E-state index is 6.21. The van der Waals surface area contributed by atoms with E-state index in [1.165, 1.54) is 24.3 Å². The smallest absolute Gasteiger partial charge is 0.142 e. The third-order valence-electron chi connectivity index (χ3n) is 3.66. The van der Waals surface area contributed by atoms with E-state index in [1.807, 2.05) is 17.8 Å². The zero-order valence-corrected chi connectivity index (χ0v) is 13.0. The van der Waals surface area contributed by atoms with Gasteiger partial charge in [0, 0.05) is 34.8 Å². The normalized spacial score (nSPS) is 26.6. The van der Waals surface area contributed by atoms with Crippen LogP contribution in [0.5, 0.6) is 5.75 Å². The summed E-state index contributed by atoms with van der Waals surface area (Å²) in [6.45, 7) is 0.714. The van der Waals surface area contributed by atoms with Crippen molar-refractivity contribution in [3.05, 3.63) is 27.7 Å². The van der Waals surface area contributed by atoms with E-state index in [-0.39, 0.29) is 0 Å². The minimum Gasteiger partial charge on any atom is -0.492 e. The summed E-state index contributed by atoms with van der Waals surface area (Å²) in [7, 11) is 0. The molecule has 1 aromatic rings. The topological polar surface area (TPSA) is 21.3 Å². The monoisotopic (exact) mass is 317 g/mol. The van der Waals surface area contributed by atoms with Crippen molar-refractivity contribution in [2.75, 3.05) is 18.1 Å². The maximum absolute atomic E-state index is 6.21. The predicted octanol–water partition coefficient (Wildman–Crippen LogP) is 4.30. The second-order valence-corrected chi connectivity index (χ2v) is 7.07. The standard InChI is InChI=1S/C14H17Cl2NOS/c15-9-6-11-13(17-10-2-1-5-19-8-10)3-4-18-14(11)12(16)7-9/h6-7,10,13,17H,1-5,8H2. The molecule has 1 fully saturated rings. The van der Waals surface area contributed by atoms with Gasteiger partial charge in [0.15, 0.2) is 0 Å². The summed E-state index contributed by atoms with van der Waals surface area (Å²) in [5, 5.41) is 5.05. The molecule has 2 atom stereocenters. The predicted molar refractivity (Wildman–Crippen MR) is 82.8 cm³/mol. The lowest BCUT2D eigenvalue weighted by Gasteiger charge is -2.32. The van der Waals surface area contributed by atoms with Gasteiger partial charge in [0.25, 0.3) is 0 Å². The van der Waals surface area contributed by atoms with Crippen molar-refractivity contribution >= 4 is 35.0 Å². The second kappa shape index (κ2) is 6.13. The highest BCUT2D eigenvalue weighted by molar-refractivity contribution is 7.99. The number of hydrogen-bond acceptors (Lipinski definition) is 3. The summed E-state index contributed by atoms with van der Waals surface area (Å²) in [6, 6.07) is 4.63. The molecule has 0 amide bonds. The molecule has 0 saturated carbocycles. The molecule has 5 heteroatoms. The molecule has 0 aromatic heterocycles. The molecular weight excluding hydrogens is 301 g/mol.